The van der Waals surface area contributed by atoms with Gasteiger partial charge in [0.2, 0.25) is 0 Å². The minimum absolute atomic E-state index is 0.0411. The molecule has 0 aliphatic carbocycles. The maximum atomic E-state index is 11.6. The molecule has 22 heavy (non-hydrogen) atoms. The second kappa shape index (κ2) is 8.76. The molecule has 0 aromatic heterocycles. The van der Waals surface area contributed by atoms with Gasteiger partial charge in [0.15, 0.2) is 0 Å². The normalized spacial score (nSPS) is 10.3. The first-order valence-electron chi connectivity index (χ1n) is 6.99. The number of carbonyl (C=O) groups is 2. The molecule has 0 spiro atoms. The van der Waals surface area contributed by atoms with E-state index in [2.05, 4.69) is 0 Å². The fourth-order valence-electron chi connectivity index (χ4n) is 1.55. The van der Waals surface area contributed by atoms with Gasteiger partial charge in [0.1, 0.15) is 5.75 Å². The monoisotopic (exact) mass is 309 g/mol. The first-order chi connectivity index (χ1) is 10.4. The number of esters is 2. The Labute approximate surface area is 128 Å². The van der Waals surface area contributed by atoms with Crippen LogP contribution in [-0.4, -0.2) is 23.5 Å². The number of nitro benzene ring substituents is 1. The Balaban J connectivity index is 2.33. The lowest BCUT2D eigenvalue weighted by Crippen LogP contribution is -2.12. The summed E-state index contributed by atoms with van der Waals surface area (Å²) in [5, 5.41) is 10.6. The molecule has 0 atom stereocenters. The van der Waals surface area contributed by atoms with Gasteiger partial charge < -0.3 is 9.47 Å². The van der Waals surface area contributed by atoms with Gasteiger partial charge in [-0.15, -0.1) is 0 Å². The fraction of sp³-hybridized carbons (Fsp3) is 0.467. The third kappa shape index (κ3) is 6.83. The minimum atomic E-state index is -0.567. The van der Waals surface area contributed by atoms with E-state index < -0.39 is 10.9 Å². The number of nitrogens with zero attached hydrogens (tertiary/aromatic N) is 1. The second-order valence-corrected chi connectivity index (χ2v) is 5.16. The number of carbonyl (C=O) groups excluding carboxylic acids is 2. The van der Waals surface area contributed by atoms with Gasteiger partial charge in [-0.2, -0.15) is 0 Å². The predicted octanol–water partition coefficient (Wildman–Crippen LogP) is 2.87. The molecule has 0 radical (unpaired) electrons. The van der Waals surface area contributed by atoms with Crippen molar-refractivity contribution >= 4 is 17.6 Å². The molecule has 0 heterocycles. The van der Waals surface area contributed by atoms with Crippen LogP contribution in [0.5, 0.6) is 5.75 Å². The molecule has 0 bridgehead atoms. The highest BCUT2D eigenvalue weighted by atomic mass is 16.6. The molecule has 1 rings (SSSR count). The van der Waals surface area contributed by atoms with E-state index in [9.17, 15) is 19.7 Å². The van der Waals surface area contributed by atoms with Gasteiger partial charge in [0, 0.05) is 18.9 Å². The molecule has 0 saturated carbocycles. The maximum absolute atomic E-state index is 11.6. The molecule has 1 aromatic carbocycles. The molecule has 120 valence electrons. The lowest BCUT2D eigenvalue weighted by Gasteiger charge is -2.07. The summed E-state index contributed by atoms with van der Waals surface area (Å²) in [5.41, 5.74) is -0.150. The van der Waals surface area contributed by atoms with Crippen LogP contribution in [0.1, 0.15) is 33.1 Å². The van der Waals surface area contributed by atoms with Crippen molar-refractivity contribution in [1.29, 1.82) is 0 Å². The van der Waals surface area contributed by atoms with E-state index in [1.54, 1.807) is 0 Å². The molecule has 0 saturated heterocycles. The number of hydrogen-bond acceptors (Lipinski definition) is 6. The molecule has 0 unspecified atom stereocenters. The van der Waals surface area contributed by atoms with Gasteiger partial charge in [0.25, 0.3) is 5.69 Å². The van der Waals surface area contributed by atoms with Crippen molar-refractivity contribution in [3.63, 3.8) is 0 Å². The van der Waals surface area contributed by atoms with E-state index in [-0.39, 0.29) is 36.2 Å². The summed E-state index contributed by atoms with van der Waals surface area (Å²) >= 11 is 0. The zero-order valence-electron chi connectivity index (χ0n) is 12.6. The van der Waals surface area contributed by atoms with Crippen LogP contribution in [0.25, 0.3) is 0 Å². The summed E-state index contributed by atoms with van der Waals surface area (Å²) < 4.78 is 9.97. The van der Waals surface area contributed by atoms with Gasteiger partial charge >= 0.3 is 11.9 Å². The SMILES string of the molecule is CC(C)COC(=O)CCCC(=O)Oc1cccc([N+](=O)[O-])c1. The number of benzene rings is 1. The maximum Gasteiger partial charge on any atom is 0.311 e. The summed E-state index contributed by atoms with van der Waals surface area (Å²) in [4.78, 5) is 33.0. The Morgan fingerprint density at radius 2 is 1.91 bits per heavy atom. The van der Waals surface area contributed by atoms with Crippen LogP contribution in [0.2, 0.25) is 0 Å². The smallest absolute Gasteiger partial charge is 0.311 e. The number of hydrogen-bond donors (Lipinski definition) is 0. The molecule has 7 nitrogen and oxygen atoms in total. The molecule has 7 heteroatoms. The van der Waals surface area contributed by atoms with Gasteiger partial charge in [-0.05, 0) is 18.4 Å². The Kier molecular flexibility index (Phi) is 7.01. The van der Waals surface area contributed by atoms with E-state index in [1.165, 1.54) is 24.3 Å². The van der Waals surface area contributed by atoms with Crippen molar-refractivity contribution in [2.45, 2.75) is 33.1 Å². The standard InChI is InChI=1S/C15H19NO6/c1-11(2)10-21-14(17)7-4-8-15(18)22-13-6-3-5-12(9-13)16(19)20/h3,5-6,9,11H,4,7-8,10H2,1-2H3. The Bertz CT molecular complexity index is 541. The van der Waals surface area contributed by atoms with Gasteiger partial charge in [-0.3, -0.25) is 19.7 Å². The summed E-state index contributed by atoms with van der Waals surface area (Å²) in [5.74, 6) is -0.515. The van der Waals surface area contributed by atoms with Crippen LogP contribution in [-0.2, 0) is 14.3 Å². The molecule has 1 aromatic rings. The van der Waals surface area contributed by atoms with E-state index in [4.69, 9.17) is 9.47 Å². The molecule has 0 amide bonds. The van der Waals surface area contributed by atoms with Gasteiger partial charge in [-0.25, -0.2) is 0 Å². The molecule has 0 fully saturated rings. The van der Waals surface area contributed by atoms with Crippen LogP contribution in [0.4, 0.5) is 5.69 Å². The van der Waals surface area contributed by atoms with Crippen molar-refractivity contribution in [2.24, 2.45) is 5.92 Å². The average molecular weight is 309 g/mol. The first kappa shape index (κ1) is 17.6. The minimum Gasteiger partial charge on any atom is -0.465 e. The largest absolute Gasteiger partial charge is 0.465 e. The topological polar surface area (TPSA) is 95.7 Å². The van der Waals surface area contributed by atoms with E-state index in [0.29, 0.717) is 13.0 Å². The molecule has 0 aliphatic rings. The Morgan fingerprint density at radius 3 is 2.55 bits per heavy atom. The van der Waals surface area contributed by atoms with Crippen molar-refractivity contribution in [3.05, 3.63) is 34.4 Å². The number of non-ortho nitro benzene ring substituents is 1. The second-order valence-electron chi connectivity index (χ2n) is 5.16. The molecular formula is C15H19NO6. The van der Waals surface area contributed by atoms with E-state index >= 15 is 0 Å². The summed E-state index contributed by atoms with van der Waals surface area (Å²) in [6.45, 7) is 4.23. The highest BCUT2D eigenvalue weighted by Gasteiger charge is 2.11. The highest BCUT2D eigenvalue weighted by molar-refractivity contribution is 5.74. The number of ether oxygens (including phenoxy) is 2. The van der Waals surface area contributed by atoms with Crippen LogP contribution < -0.4 is 4.74 Å². The lowest BCUT2D eigenvalue weighted by molar-refractivity contribution is -0.384. The zero-order valence-corrected chi connectivity index (χ0v) is 12.6. The van der Waals surface area contributed by atoms with Crippen LogP contribution in [0.15, 0.2) is 24.3 Å². The first-order valence-corrected chi connectivity index (χ1v) is 6.99. The third-order valence-corrected chi connectivity index (χ3v) is 2.60. The third-order valence-electron chi connectivity index (χ3n) is 2.60. The summed E-state index contributed by atoms with van der Waals surface area (Å²) in [6.07, 6.45) is 0.487. The molecule has 0 N–H and O–H groups in total. The van der Waals surface area contributed by atoms with Gasteiger partial charge in [-0.1, -0.05) is 19.9 Å². The summed E-state index contributed by atoms with van der Waals surface area (Å²) in [6, 6.07) is 5.38. The molecule has 0 aliphatic heterocycles. The molecular weight excluding hydrogens is 290 g/mol. The quantitative estimate of drug-likeness (QED) is 0.317. The number of nitro groups is 1. The van der Waals surface area contributed by atoms with Crippen LogP contribution in [0, 0.1) is 16.0 Å². The Morgan fingerprint density at radius 1 is 1.23 bits per heavy atom. The Hall–Kier alpha value is -2.44. The van der Waals surface area contributed by atoms with Crippen LogP contribution in [0.3, 0.4) is 0 Å². The van der Waals surface area contributed by atoms with Crippen LogP contribution >= 0.6 is 0 Å². The van der Waals surface area contributed by atoms with E-state index in [1.807, 2.05) is 13.8 Å². The predicted molar refractivity (Wildman–Crippen MR) is 78.4 cm³/mol. The summed E-state index contributed by atoms with van der Waals surface area (Å²) in [7, 11) is 0. The van der Waals surface area contributed by atoms with Crippen molar-refractivity contribution < 1.29 is 24.0 Å². The highest BCUT2D eigenvalue weighted by Crippen LogP contribution is 2.19. The van der Waals surface area contributed by atoms with Crippen molar-refractivity contribution in [2.75, 3.05) is 6.61 Å². The number of rotatable bonds is 8. The van der Waals surface area contributed by atoms with Gasteiger partial charge in [0.05, 0.1) is 17.6 Å². The van der Waals surface area contributed by atoms with Crippen molar-refractivity contribution in [3.8, 4) is 5.75 Å². The van der Waals surface area contributed by atoms with Crippen molar-refractivity contribution in [1.82, 2.24) is 0 Å². The van der Waals surface area contributed by atoms with E-state index in [0.717, 1.165) is 0 Å². The lowest BCUT2D eigenvalue weighted by atomic mass is 10.2. The fourth-order valence-corrected chi connectivity index (χ4v) is 1.55. The zero-order chi connectivity index (χ0) is 16.5. The average Bonchev–Trinajstić information content (AvgIpc) is 2.45.